The number of methoxy groups -OCH3 is 1. The molecule has 8 heteroatoms. The molecule has 4 aromatic rings. The zero-order chi connectivity index (χ0) is 19.7. The first-order valence-corrected chi connectivity index (χ1v) is 10.3. The molecule has 2 aromatic heterocycles. The molecule has 28 heavy (non-hydrogen) atoms. The molecule has 4 rings (SSSR count). The number of aryl methyl sites for hydroxylation is 1. The van der Waals surface area contributed by atoms with Gasteiger partial charge in [-0.1, -0.05) is 23.5 Å². The van der Waals surface area contributed by atoms with Crippen molar-refractivity contribution < 1.29 is 9.53 Å². The third kappa shape index (κ3) is 3.44. The monoisotopic (exact) mass is 410 g/mol. The Balaban J connectivity index is 1.55. The summed E-state index contributed by atoms with van der Waals surface area (Å²) in [6.07, 6.45) is 1.58. The van der Waals surface area contributed by atoms with Crippen molar-refractivity contribution in [3.05, 3.63) is 58.0 Å². The highest BCUT2D eigenvalue weighted by Gasteiger charge is 2.16. The maximum absolute atomic E-state index is 12.7. The number of anilines is 3. The maximum Gasteiger partial charge on any atom is 0.267 e. The average molecular weight is 411 g/mol. The topological polar surface area (TPSA) is 76.1 Å². The van der Waals surface area contributed by atoms with E-state index in [1.165, 1.54) is 11.3 Å². The van der Waals surface area contributed by atoms with Gasteiger partial charge in [-0.2, -0.15) is 0 Å². The van der Waals surface area contributed by atoms with E-state index in [4.69, 9.17) is 4.74 Å². The predicted molar refractivity (Wildman–Crippen MR) is 115 cm³/mol. The van der Waals surface area contributed by atoms with Crippen molar-refractivity contribution in [3.63, 3.8) is 0 Å². The van der Waals surface area contributed by atoms with E-state index in [1.807, 2.05) is 49.7 Å². The Kier molecular flexibility index (Phi) is 4.97. The molecule has 2 heterocycles. The Hall–Kier alpha value is -2.97. The van der Waals surface area contributed by atoms with Crippen molar-refractivity contribution in [3.8, 4) is 5.75 Å². The molecule has 0 aliphatic rings. The molecule has 0 unspecified atom stereocenters. The maximum atomic E-state index is 12.7. The molecule has 0 saturated heterocycles. The van der Waals surface area contributed by atoms with Gasteiger partial charge in [0.05, 0.1) is 40.4 Å². The fraction of sp³-hybridized carbons (Fsp3) is 0.150. The highest BCUT2D eigenvalue weighted by atomic mass is 32.1. The van der Waals surface area contributed by atoms with Crippen LogP contribution in [-0.4, -0.2) is 23.0 Å². The van der Waals surface area contributed by atoms with Gasteiger partial charge in [0.15, 0.2) is 5.13 Å². The number of rotatable bonds is 5. The Morgan fingerprint density at radius 2 is 2.00 bits per heavy atom. The van der Waals surface area contributed by atoms with Crippen LogP contribution in [0.25, 0.3) is 10.2 Å². The van der Waals surface area contributed by atoms with Crippen molar-refractivity contribution in [2.45, 2.75) is 13.8 Å². The number of benzene rings is 2. The summed E-state index contributed by atoms with van der Waals surface area (Å²) in [4.78, 5) is 21.9. The molecule has 0 bridgehead atoms. The first kappa shape index (κ1) is 18.4. The van der Waals surface area contributed by atoms with Gasteiger partial charge in [-0.15, -0.1) is 11.3 Å². The number of fused-ring (bicyclic) bond motifs is 1. The number of hydrogen-bond donors (Lipinski definition) is 2. The molecule has 0 saturated carbocycles. The summed E-state index contributed by atoms with van der Waals surface area (Å²) in [7, 11) is 1.62. The summed E-state index contributed by atoms with van der Waals surface area (Å²) in [6, 6.07) is 9.72. The molecular formula is C20H18N4O2S2. The van der Waals surface area contributed by atoms with Gasteiger partial charge in [0.1, 0.15) is 10.6 Å². The van der Waals surface area contributed by atoms with E-state index in [9.17, 15) is 4.79 Å². The molecule has 0 aliphatic heterocycles. The second-order valence-corrected chi connectivity index (χ2v) is 8.09. The fourth-order valence-electron chi connectivity index (χ4n) is 2.95. The number of aromatic nitrogens is 2. The highest BCUT2D eigenvalue weighted by molar-refractivity contribution is 7.18. The number of nitrogens with zero attached hydrogens (tertiary/aromatic N) is 2. The van der Waals surface area contributed by atoms with Gasteiger partial charge < -0.3 is 15.4 Å². The van der Waals surface area contributed by atoms with Crippen molar-refractivity contribution >= 4 is 55.3 Å². The Morgan fingerprint density at radius 3 is 2.82 bits per heavy atom. The molecule has 0 fully saturated rings. The lowest BCUT2D eigenvalue weighted by molar-refractivity contribution is 0.103. The van der Waals surface area contributed by atoms with Crippen molar-refractivity contribution in [2.24, 2.45) is 0 Å². The molecule has 0 spiro atoms. The molecule has 6 nitrogen and oxygen atoms in total. The third-order valence-electron chi connectivity index (χ3n) is 4.41. The number of amides is 1. The van der Waals surface area contributed by atoms with Gasteiger partial charge in [0, 0.05) is 5.56 Å². The number of thiazole rings is 2. The highest BCUT2D eigenvalue weighted by Crippen LogP contribution is 2.32. The lowest BCUT2D eigenvalue weighted by atomic mass is 10.1. The van der Waals surface area contributed by atoms with Crippen LogP contribution < -0.4 is 15.4 Å². The summed E-state index contributed by atoms with van der Waals surface area (Å²) in [5.41, 5.74) is 6.33. The van der Waals surface area contributed by atoms with Crippen molar-refractivity contribution in [1.82, 2.24) is 9.97 Å². The Morgan fingerprint density at radius 1 is 1.14 bits per heavy atom. The lowest BCUT2D eigenvalue weighted by Crippen LogP contribution is -2.12. The summed E-state index contributed by atoms with van der Waals surface area (Å²) in [5, 5.41) is 6.94. The normalized spacial score (nSPS) is 10.8. The molecule has 142 valence electrons. The minimum atomic E-state index is -0.194. The first-order valence-electron chi connectivity index (χ1n) is 8.57. The zero-order valence-electron chi connectivity index (χ0n) is 15.6. The van der Waals surface area contributed by atoms with Gasteiger partial charge in [-0.3, -0.25) is 4.79 Å². The lowest BCUT2D eigenvalue weighted by Gasteiger charge is -2.14. The van der Waals surface area contributed by atoms with Crippen LogP contribution in [0, 0.1) is 13.8 Å². The second-order valence-electron chi connectivity index (χ2n) is 6.20. The number of ether oxygens (including phenoxy) is 1. The van der Waals surface area contributed by atoms with Crippen molar-refractivity contribution in [1.29, 1.82) is 0 Å². The zero-order valence-corrected chi connectivity index (χ0v) is 17.2. The summed E-state index contributed by atoms with van der Waals surface area (Å²) >= 11 is 2.87. The molecule has 0 radical (unpaired) electrons. The van der Waals surface area contributed by atoms with Gasteiger partial charge in [-0.05, 0) is 37.6 Å². The summed E-state index contributed by atoms with van der Waals surface area (Å²) in [5.74, 6) is 0.547. The van der Waals surface area contributed by atoms with E-state index < -0.39 is 0 Å². The standard InChI is InChI=1S/C20H18N4O2S2/c1-11-7-8-15(26-3)12(2)17(11)24-19(25)16-9-21-20(28-16)23-14-6-4-5-13-18(14)27-10-22-13/h4-10H,1-3H3,(H,21,23)(H,24,25). The smallest absolute Gasteiger partial charge is 0.267 e. The van der Waals surface area contributed by atoms with Crippen LogP contribution in [0.4, 0.5) is 16.5 Å². The van der Waals surface area contributed by atoms with Crippen LogP contribution >= 0.6 is 22.7 Å². The number of hydrogen-bond acceptors (Lipinski definition) is 7. The minimum Gasteiger partial charge on any atom is -0.496 e. The first-order chi connectivity index (χ1) is 13.6. The molecule has 2 aromatic carbocycles. The van der Waals surface area contributed by atoms with Crippen LogP contribution in [0.2, 0.25) is 0 Å². The van der Waals surface area contributed by atoms with E-state index in [-0.39, 0.29) is 5.91 Å². The van der Waals surface area contributed by atoms with Crippen molar-refractivity contribution in [2.75, 3.05) is 17.7 Å². The fourth-order valence-corrected chi connectivity index (χ4v) is 4.44. The number of nitrogens with one attached hydrogen (secondary N) is 2. The van der Waals surface area contributed by atoms with Gasteiger partial charge in [-0.25, -0.2) is 9.97 Å². The third-order valence-corrected chi connectivity index (χ3v) is 6.20. The van der Waals surface area contributed by atoms with Gasteiger partial charge in [0.2, 0.25) is 0 Å². The molecule has 0 aliphatic carbocycles. The number of carbonyl (C=O) groups is 1. The molecule has 2 N–H and O–H groups in total. The van der Waals surface area contributed by atoms with E-state index in [0.29, 0.717) is 10.0 Å². The van der Waals surface area contributed by atoms with Crippen LogP contribution in [0.1, 0.15) is 20.8 Å². The summed E-state index contributed by atoms with van der Waals surface area (Å²) in [6.45, 7) is 3.88. The van der Waals surface area contributed by atoms with Gasteiger partial charge >= 0.3 is 0 Å². The van der Waals surface area contributed by atoms with Crippen LogP contribution in [0.5, 0.6) is 5.75 Å². The molecular weight excluding hydrogens is 392 g/mol. The number of carbonyl (C=O) groups excluding carboxylic acids is 1. The Bertz CT molecular complexity index is 1170. The van der Waals surface area contributed by atoms with Crippen LogP contribution in [-0.2, 0) is 0 Å². The Labute approximate surface area is 170 Å². The summed E-state index contributed by atoms with van der Waals surface area (Å²) < 4.78 is 6.41. The van der Waals surface area contributed by atoms with E-state index >= 15 is 0 Å². The molecule has 0 atom stereocenters. The largest absolute Gasteiger partial charge is 0.496 e. The average Bonchev–Trinajstić information content (AvgIpc) is 3.35. The minimum absolute atomic E-state index is 0.194. The second kappa shape index (κ2) is 7.57. The van der Waals surface area contributed by atoms with E-state index in [2.05, 4.69) is 20.6 Å². The SMILES string of the molecule is COc1ccc(C)c(NC(=O)c2cnc(Nc3cccc4ncsc34)s2)c1C. The van der Waals surface area contributed by atoms with E-state index in [1.54, 1.807) is 24.6 Å². The van der Waals surface area contributed by atoms with Crippen LogP contribution in [0.15, 0.2) is 42.0 Å². The van der Waals surface area contributed by atoms with Crippen LogP contribution in [0.3, 0.4) is 0 Å². The van der Waals surface area contributed by atoms with Gasteiger partial charge in [0.25, 0.3) is 5.91 Å². The predicted octanol–water partition coefficient (Wildman–Crippen LogP) is 5.37. The van der Waals surface area contributed by atoms with E-state index in [0.717, 1.165) is 38.5 Å². The quantitative estimate of drug-likeness (QED) is 0.462. The molecule has 1 amide bonds.